The van der Waals surface area contributed by atoms with Gasteiger partial charge in [-0.3, -0.25) is 92.6 Å². The molecule has 0 radical (unpaired) electrons. The SMILES string of the molecule is CC(=O)N[C@H]1CCC(=O)NC[C@@H](C(=O)N2CCC[C@H]2C(=O)N2CCC[C@H]2C(=O)N[C@@H](CCCNC(=N)N)C(=O)N[C@@H](CC(=O)O)C(=O)N[C@H](C)CCCCN(CC(=O)O)CC(=O)O)NC(=O)[C@H](Cc2c[nH]c3ccccc23)NC(=O)[C@H](CCCNC(=N)N)NC(=O)[C@@H](Cc2ccccc2)NC(=O)[C@H](CC2=CCC=N2)NC1=O. The third kappa shape index (κ3) is 27.8. The summed E-state index contributed by atoms with van der Waals surface area (Å²) in [6.07, 6.45) is 4.30. The van der Waals surface area contributed by atoms with Gasteiger partial charge >= 0.3 is 17.9 Å². The molecule has 11 atom stereocenters. The van der Waals surface area contributed by atoms with Crippen molar-refractivity contribution in [1.29, 1.82) is 10.8 Å². The molecule has 608 valence electrons. The Labute approximate surface area is 645 Å². The summed E-state index contributed by atoms with van der Waals surface area (Å²) in [5, 5.41) is 76.3. The highest BCUT2D eigenvalue weighted by molar-refractivity contribution is 6.01. The molecule has 39 heteroatoms. The Morgan fingerprint density at radius 1 is 0.634 bits per heavy atom. The van der Waals surface area contributed by atoms with Crippen LogP contribution in [0.25, 0.3) is 10.9 Å². The maximum absolute atomic E-state index is 15.5. The van der Waals surface area contributed by atoms with Crippen LogP contribution >= 0.6 is 0 Å². The number of likely N-dealkylation sites (tertiary alicyclic amines) is 2. The number of carboxylic acids is 3. The Bertz CT molecular complexity index is 3970. The Morgan fingerprint density at radius 2 is 1.22 bits per heavy atom. The van der Waals surface area contributed by atoms with Gasteiger partial charge in [-0.25, -0.2) is 0 Å². The molecule has 0 bridgehead atoms. The van der Waals surface area contributed by atoms with Crippen molar-refractivity contribution >= 4 is 118 Å². The van der Waals surface area contributed by atoms with Gasteiger partial charge in [0.05, 0.1) is 19.5 Å². The average molecular weight is 1560 g/mol. The molecule has 12 amide bonds. The van der Waals surface area contributed by atoms with E-state index in [1.165, 1.54) is 14.7 Å². The van der Waals surface area contributed by atoms with E-state index in [9.17, 15) is 68.1 Å². The number of para-hydroxylation sites is 1. The quantitative estimate of drug-likeness (QED) is 0.0158. The van der Waals surface area contributed by atoms with Crippen LogP contribution in [-0.2, 0) is 84.8 Å². The standard InChI is InChI=1S/C73H103N21O18/c1-41(15-8-9-30-92(39-60(99)100)40-61(101)102)83-65(106)54(36-59(97)98)90-63(104)49(22-12-29-80-73(76)77)86-69(110)56-23-13-31-93(56)71(112)57-24-14-32-94(57)70(111)55-38-82-58(96)26-25-50(84-42(2)95)64(105)89-53(35-45-18-10-27-78-45)68(109)87-51(33-43-16-4-3-5-17-43)66(107)85-48(21-11-28-79-72(74)75)62(103)88-52(67(108)91-55)34-44-37-81-47-20-7-6-19-46(44)47/h3-7,16-20,27,37,41,48-57,81H,8-15,21-26,28-36,38-40H2,1-2H3,(H,82,96)(H,83,106)(H,84,95)(H,85,107)(H,86,110)(H,87,109)(H,88,103)(H,89,105)(H,90,104)(H,91,108)(H,97,98)(H,99,100)(H,101,102)(H4,74,75,79)(H4,76,77,80)/t41-,48+,49+,50+,51-,52+,53+,54+,55+,56+,57+/m1/s1. The minimum absolute atomic E-state index is 0.0224. The van der Waals surface area contributed by atoms with Crippen LogP contribution in [0.5, 0.6) is 0 Å². The van der Waals surface area contributed by atoms with Crippen molar-refractivity contribution in [2.75, 3.05) is 52.4 Å². The number of aliphatic carboxylic acids is 3. The lowest BCUT2D eigenvalue weighted by atomic mass is 10.0. The monoisotopic (exact) mass is 1560 g/mol. The number of fused-ring (bicyclic) bond motifs is 1. The van der Waals surface area contributed by atoms with E-state index in [1.54, 1.807) is 80.0 Å². The molecule has 3 fully saturated rings. The second-order valence-corrected chi connectivity index (χ2v) is 28.1. The number of amides is 12. The van der Waals surface area contributed by atoms with E-state index in [-0.39, 0.29) is 116 Å². The normalized spacial score (nSPS) is 21.5. The minimum Gasteiger partial charge on any atom is -0.481 e. The highest BCUT2D eigenvalue weighted by Crippen LogP contribution is 2.27. The number of carboxylic acid groups (broad SMARTS) is 3. The second kappa shape index (κ2) is 43.4. The van der Waals surface area contributed by atoms with Gasteiger partial charge < -0.3 is 105 Å². The van der Waals surface area contributed by atoms with Crippen molar-refractivity contribution < 1.29 is 87.2 Å². The predicted molar refractivity (Wildman–Crippen MR) is 405 cm³/mol. The zero-order valence-electron chi connectivity index (χ0n) is 62.6. The molecule has 3 aromatic rings. The van der Waals surface area contributed by atoms with Crippen molar-refractivity contribution in [2.24, 2.45) is 16.5 Å². The number of aliphatic imine (C=N–C) groups is 1. The topological polar surface area (TPSA) is 599 Å². The number of rotatable bonds is 34. The number of hydrogen-bond acceptors (Lipinski definition) is 19. The summed E-state index contributed by atoms with van der Waals surface area (Å²) in [6, 6.07) is 0.00892. The van der Waals surface area contributed by atoms with Gasteiger partial charge in [0, 0.05) is 107 Å². The van der Waals surface area contributed by atoms with Crippen LogP contribution in [0.4, 0.5) is 0 Å². The molecule has 1 aromatic heterocycles. The van der Waals surface area contributed by atoms with Crippen molar-refractivity contribution in [3.63, 3.8) is 0 Å². The zero-order valence-corrected chi connectivity index (χ0v) is 62.6. The zero-order chi connectivity index (χ0) is 81.6. The summed E-state index contributed by atoms with van der Waals surface area (Å²) in [4.78, 5) is 221. The maximum Gasteiger partial charge on any atom is 0.317 e. The van der Waals surface area contributed by atoms with Crippen molar-refractivity contribution in [1.82, 2.24) is 83.5 Å². The number of allylic oxidation sites excluding steroid dienone is 1. The average Bonchev–Trinajstić information content (AvgIpc) is 1.64. The lowest BCUT2D eigenvalue weighted by Crippen LogP contribution is -2.62. The second-order valence-electron chi connectivity index (χ2n) is 28.1. The van der Waals surface area contributed by atoms with Crippen LogP contribution in [-0.4, -0.2) is 261 Å². The third-order valence-electron chi connectivity index (χ3n) is 19.3. The molecule has 0 unspecified atom stereocenters. The summed E-state index contributed by atoms with van der Waals surface area (Å²) in [5.41, 5.74) is 13.3. The number of carbonyl (C=O) groups is 15. The Kier molecular flexibility index (Phi) is 33.7. The van der Waals surface area contributed by atoms with Crippen LogP contribution in [0.1, 0.15) is 128 Å². The van der Waals surface area contributed by atoms with Crippen LogP contribution in [0, 0.1) is 10.8 Å². The van der Waals surface area contributed by atoms with Crippen molar-refractivity contribution in [2.45, 2.75) is 196 Å². The van der Waals surface area contributed by atoms with E-state index in [2.05, 4.69) is 73.8 Å². The van der Waals surface area contributed by atoms with E-state index in [0.717, 1.165) is 6.92 Å². The number of aromatic nitrogens is 1. The fourth-order valence-corrected chi connectivity index (χ4v) is 13.7. The molecular weight excluding hydrogens is 1460 g/mol. The minimum atomic E-state index is -1.75. The van der Waals surface area contributed by atoms with Gasteiger partial charge in [0.2, 0.25) is 70.9 Å². The van der Waals surface area contributed by atoms with E-state index < -0.39 is 200 Å². The van der Waals surface area contributed by atoms with E-state index >= 15 is 19.2 Å². The van der Waals surface area contributed by atoms with Gasteiger partial charge in [-0.2, -0.15) is 0 Å². The number of nitrogens with one attached hydrogen (secondary N) is 15. The molecule has 3 saturated heterocycles. The molecule has 112 heavy (non-hydrogen) atoms. The molecule has 5 heterocycles. The maximum atomic E-state index is 15.5. The Morgan fingerprint density at radius 3 is 1.87 bits per heavy atom. The first-order valence-electron chi connectivity index (χ1n) is 37.3. The molecule has 7 rings (SSSR count). The Hall–Kier alpha value is -12.1. The van der Waals surface area contributed by atoms with E-state index in [4.69, 9.17) is 22.3 Å². The van der Waals surface area contributed by atoms with Crippen LogP contribution in [0.15, 0.2) is 77.6 Å². The lowest BCUT2D eigenvalue weighted by molar-refractivity contribution is -0.148. The van der Waals surface area contributed by atoms with Crippen molar-refractivity contribution in [3.05, 3.63) is 83.7 Å². The molecule has 4 aliphatic heterocycles. The number of hydrogen-bond donors (Lipinski definition) is 20. The van der Waals surface area contributed by atoms with Crippen molar-refractivity contribution in [3.8, 4) is 0 Å². The molecule has 0 spiro atoms. The third-order valence-corrected chi connectivity index (χ3v) is 19.3. The van der Waals surface area contributed by atoms with Gasteiger partial charge in [0.1, 0.15) is 60.4 Å². The summed E-state index contributed by atoms with van der Waals surface area (Å²) in [5.74, 6) is -15.1. The van der Waals surface area contributed by atoms with Gasteiger partial charge in [-0.05, 0) is 101 Å². The molecular formula is C73H103N21O18. The first-order chi connectivity index (χ1) is 53.4. The highest BCUT2D eigenvalue weighted by Gasteiger charge is 2.45. The first kappa shape index (κ1) is 87.2. The highest BCUT2D eigenvalue weighted by atomic mass is 16.4. The number of guanidine groups is 2. The summed E-state index contributed by atoms with van der Waals surface area (Å²) < 4.78 is 0. The van der Waals surface area contributed by atoms with E-state index in [1.807, 2.05) is 0 Å². The number of aromatic amines is 1. The molecule has 39 nitrogen and oxygen atoms in total. The molecule has 22 N–H and O–H groups in total. The Balaban J connectivity index is 1.18. The summed E-state index contributed by atoms with van der Waals surface area (Å²) >= 11 is 0. The number of carbonyl (C=O) groups excluding carboxylic acids is 12. The molecule has 0 aliphatic carbocycles. The number of unbranched alkanes of at least 4 members (excludes halogenated alkanes) is 1. The molecule has 4 aliphatic rings. The van der Waals surface area contributed by atoms with Crippen LogP contribution in [0.3, 0.4) is 0 Å². The van der Waals surface area contributed by atoms with Gasteiger partial charge in [-0.15, -0.1) is 0 Å². The largest absolute Gasteiger partial charge is 0.481 e. The fraction of sp³-hybridized carbons (Fsp3) is 0.534. The first-order valence-corrected chi connectivity index (χ1v) is 37.3. The number of nitrogens with zero attached hydrogens (tertiary/aromatic N) is 4. The van der Waals surface area contributed by atoms with Crippen LogP contribution < -0.4 is 75.3 Å². The van der Waals surface area contributed by atoms with Gasteiger partial charge in [0.15, 0.2) is 11.9 Å². The molecule has 0 saturated carbocycles. The smallest absolute Gasteiger partial charge is 0.317 e. The number of nitrogens with two attached hydrogens (primary N) is 2. The van der Waals surface area contributed by atoms with Gasteiger partial charge in [0.25, 0.3) is 0 Å². The number of H-pyrrole nitrogens is 1. The molecule has 2 aromatic carbocycles. The summed E-state index contributed by atoms with van der Waals surface area (Å²) in [6.45, 7) is 1.07. The van der Waals surface area contributed by atoms with E-state index in [0.29, 0.717) is 47.0 Å². The fourth-order valence-electron chi connectivity index (χ4n) is 13.7. The van der Waals surface area contributed by atoms with Crippen LogP contribution in [0.2, 0.25) is 0 Å². The summed E-state index contributed by atoms with van der Waals surface area (Å²) in [7, 11) is 0. The lowest BCUT2D eigenvalue weighted by Gasteiger charge is -2.34. The number of benzene rings is 2. The van der Waals surface area contributed by atoms with Gasteiger partial charge in [-0.1, -0.05) is 61.0 Å². The predicted octanol–water partition coefficient (Wildman–Crippen LogP) is -3.36.